The Hall–Kier alpha value is -1.39. The minimum atomic E-state index is -0.671. The third kappa shape index (κ3) is 1.49. The summed E-state index contributed by atoms with van der Waals surface area (Å²) in [5.41, 5.74) is 8.13. The Morgan fingerprint density at radius 3 is 3.07 bits per heavy atom. The van der Waals surface area contributed by atoms with E-state index in [2.05, 4.69) is 5.10 Å². The average Bonchev–Trinajstić information content (AvgIpc) is 2.59. The van der Waals surface area contributed by atoms with Crippen molar-refractivity contribution in [2.45, 2.75) is 13.0 Å². The van der Waals surface area contributed by atoms with Crippen LogP contribution in [0.25, 0.3) is 5.52 Å². The normalized spacial score (nSPS) is 13.4. The van der Waals surface area contributed by atoms with E-state index in [1.165, 1.54) is 5.56 Å². The van der Waals surface area contributed by atoms with Crippen molar-refractivity contribution in [3.05, 3.63) is 35.7 Å². The molecule has 14 heavy (non-hydrogen) atoms. The van der Waals surface area contributed by atoms with E-state index >= 15 is 0 Å². The summed E-state index contributed by atoms with van der Waals surface area (Å²) in [5.74, 6) is 0. The summed E-state index contributed by atoms with van der Waals surface area (Å²) in [5, 5.41) is 13.7. The minimum Gasteiger partial charge on any atom is -0.385 e. The van der Waals surface area contributed by atoms with Crippen molar-refractivity contribution < 1.29 is 5.11 Å². The maximum Gasteiger partial charge on any atom is 0.110 e. The van der Waals surface area contributed by atoms with Crippen LogP contribution in [0, 0.1) is 6.92 Å². The Bertz CT molecular complexity index is 450. The number of nitrogens with zero attached hydrogens (tertiary/aromatic N) is 2. The van der Waals surface area contributed by atoms with Gasteiger partial charge in [-0.05, 0) is 30.7 Å². The predicted molar refractivity (Wildman–Crippen MR) is 53.9 cm³/mol. The van der Waals surface area contributed by atoms with Crippen LogP contribution >= 0.6 is 0 Å². The Labute approximate surface area is 82.0 Å². The molecule has 2 aromatic heterocycles. The van der Waals surface area contributed by atoms with Crippen LogP contribution in [-0.4, -0.2) is 21.3 Å². The van der Waals surface area contributed by atoms with Gasteiger partial charge in [0.2, 0.25) is 0 Å². The molecule has 1 unspecified atom stereocenters. The summed E-state index contributed by atoms with van der Waals surface area (Å²) in [4.78, 5) is 0. The molecule has 4 heteroatoms. The minimum absolute atomic E-state index is 0.197. The van der Waals surface area contributed by atoms with Gasteiger partial charge < -0.3 is 10.8 Å². The van der Waals surface area contributed by atoms with E-state index in [0.717, 1.165) is 5.52 Å². The summed E-state index contributed by atoms with van der Waals surface area (Å²) in [6.45, 7) is 2.22. The van der Waals surface area contributed by atoms with Crippen LogP contribution in [0.4, 0.5) is 0 Å². The molecule has 0 aromatic carbocycles. The first kappa shape index (κ1) is 9.18. The van der Waals surface area contributed by atoms with Crippen molar-refractivity contribution >= 4 is 5.52 Å². The summed E-state index contributed by atoms with van der Waals surface area (Å²) in [6, 6.07) is 5.84. The summed E-state index contributed by atoms with van der Waals surface area (Å²) >= 11 is 0. The van der Waals surface area contributed by atoms with Crippen molar-refractivity contribution in [3.8, 4) is 0 Å². The van der Waals surface area contributed by atoms with Gasteiger partial charge in [-0.3, -0.25) is 0 Å². The molecule has 3 N–H and O–H groups in total. The lowest BCUT2D eigenvalue weighted by atomic mass is 10.2. The van der Waals surface area contributed by atoms with Crippen molar-refractivity contribution in [2.24, 2.45) is 5.73 Å². The SMILES string of the molecule is Cc1ccn2nc(C(O)CN)cc2c1. The average molecular weight is 191 g/mol. The highest BCUT2D eigenvalue weighted by Crippen LogP contribution is 2.13. The monoisotopic (exact) mass is 191 g/mol. The van der Waals surface area contributed by atoms with Gasteiger partial charge in [0, 0.05) is 12.7 Å². The van der Waals surface area contributed by atoms with Gasteiger partial charge in [-0.2, -0.15) is 5.10 Å². The highest BCUT2D eigenvalue weighted by molar-refractivity contribution is 5.49. The van der Waals surface area contributed by atoms with Gasteiger partial charge in [0.05, 0.1) is 11.2 Å². The molecule has 0 amide bonds. The van der Waals surface area contributed by atoms with Gasteiger partial charge >= 0.3 is 0 Å². The van der Waals surface area contributed by atoms with Crippen molar-refractivity contribution in [1.29, 1.82) is 0 Å². The third-order valence-corrected chi connectivity index (χ3v) is 2.20. The van der Waals surface area contributed by atoms with Crippen LogP contribution in [0.5, 0.6) is 0 Å². The Morgan fingerprint density at radius 2 is 2.36 bits per heavy atom. The fourth-order valence-electron chi connectivity index (χ4n) is 1.41. The van der Waals surface area contributed by atoms with Crippen LogP contribution in [0.1, 0.15) is 17.4 Å². The standard InChI is InChI=1S/C10H13N3O/c1-7-2-3-13-8(4-7)5-9(12-13)10(14)6-11/h2-5,10,14H,6,11H2,1H3. The predicted octanol–water partition coefficient (Wildman–Crippen LogP) is 0.635. The van der Waals surface area contributed by atoms with E-state index in [9.17, 15) is 5.11 Å². The maximum absolute atomic E-state index is 9.50. The van der Waals surface area contributed by atoms with Crippen molar-refractivity contribution in [3.63, 3.8) is 0 Å². The third-order valence-electron chi connectivity index (χ3n) is 2.20. The molecule has 0 aliphatic rings. The van der Waals surface area contributed by atoms with Gasteiger partial charge in [0.25, 0.3) is 0 Å². The molecule has 4 nitrogen and oxygen atoms in total. The zero-order valence-corrected chi connectivity index (χ0v) is 8.01. The number of hydrogen-bond acceptors (Lipinski definition) is 3. The van der Waals surface area contributed by atoms with E-state index in [-0.39, 0.29) is 6.54 Å². The second-order valence-corrected chi connectivity index (χ2v) is 3.39. The lowest BCUT2D eigenvalue weighted by molar-refractivity contribution is 0.181. The smallest absolute Gasteiger partial charge is 0.110 e. The largest absolute Gasteiger partial charge is 0.385 e. The van der Waals surface area contributed by atoms with Gasteiger partial charge in [-0.25, -0.2) is 4.52 Å². The fraction of sp³-hybridized carbons (Fsp3) is 0.300. The van der Waals surface area contributed by atoms with Crippen molar-refractivity contribution in [1.82, 2.24) is 9.61 Å². The van der Waals surface area contributed by atoms with E-state index in [4.69, 9.17) is 5.73 Å². The molecule has 2 heterocycles. The van der Waals surface area contributed by atoms with Crippen LogP contribution in [-0.2, 0) is 0 Å². The topological polar surface area (TPSA) is 63.5 Å². The number of aliphatic hydroxyl groups excluding tert-OH is 1. The van der Waals surface area contributed by atoms with Crippen LogP contribution < -0.4 is 5.73 Å². The van der Waals surface area contributed by atoms with Crippen molar-refractivity contribution in [2.75, 3.05) is 6.54 Å². The van der Waals surface area contributed by atoms with E-state index in [1.54, 1.807) is 4.52 Å². The molecule has 0 saturated carbocycles. The lowest BCUT2D eigenvalue weighted by Crippen LogP contribution is -2.11. The molecule has 0 aliphatic carbocycles. The first-order valence-electron chi connectivity index (χ1n) is 4.55. The molecular weight excluding hydrogens is 178 g/mol. The molecule has 1 atom stereocenters. The molecule has 0 bridgehead atoms. The first-order valence-corrected chi connectivity index (χ1v) is 4.55. The highest BCUT2D eigenvalue weighted by Gasteiger charge is 2.09. The molecule has 0 radical (unpaired) electrons. The van der Waals surface area contributed by atoms with E-state index < -0.39 is 6.10 Å². The first-order chi connectivity index (χ1) is 6.70. The van der Waals surface area contributed by atoms with Crippen LogP contribution in [0.15, 0.2) is 24.4 Å². The second kappa shape index (κ2) is 3.40. The van der Waals surface area contributed by atoms with Crippen LogP contribution in [0.3, 0.4) is 0 Å². The second-order valence-electron chi connectivity index (χ2n) is 3.39. The lowest BCUT2D eigenvalue weighted by Gasteiger charge is -2.00. The number of aryl methyl sites for hydroxylation is 1. The van der Waals surface area contributed by atoms with E-state index in [0.29, 0.717) is 5.69 Å². The molecule has 2 aromatic rings. The number of aromatic nitrogens is 2. The van der Waals surface area contributed by atoms with Crippen LogP contribution in [0.2, 0.25) is 0 Å². The molecule has 0 aliphatic heterocycles. The molecule has 0 fully saturated rings. The molecule has 0 saturated heterocycles. The van der Waals surface area contributed by atoms with Gasteiger partial charge in [-0.15, -0.1) is 0 Å². The maximum atomic E-state index is 9.50. The summed E-state index contributed by atoms with van der Waals surface area (Å²) < 4.78 is 1.74. The van der Waals surface area contributed by atoms with Gasteiger partial charge in [-0.1, -0.05) is 0 Å². The number of pyridine rings is 1. The molecule has 74 valence electrons. The Balaban J connectivity index is 2.51. The number of nitrogens with two attached hydrogens (primary N) is 1. The quantitative estimate of drug-likeness (QED) is 0.732. The van der Waals surface area contributed by atoms with Gasteiger partial charge in [0.1, 0.15) is 6.10 Å². The Kier molecular flexibility index (Phi) is 2.23. The summed E-state index contributed by atoms with van der Waals surface area (Å²) in [7, 11) is 0. The zero-order chi connectivity index (χ0) is 10.1. The number of hydrogen-bond donors (Lipinski definition) is 2. The summed E-state index contributed by atoms with van der Waals surface area (Å²) in [6.07, 6.45) is 1.20. The Morgan fingerprint density at radius 1 is 1.57 bits per heavy atom. The van der Waals surface area contributed by atoms with Gasteiger partial charge in [0.15, 0.2) is 0 Å². The molecular formula is C10H13N3O. The highest BCUT2D eigenvalue weighted by atomic mass is 16.3. The number of aliphatic hydroxyl groups is 1. The fourth-order valence-corrected chi connectivity index (χ4v) is 1.41. The number of rotatable bonds is 2. The molecule has 2 rings (SSSR count). The van der Waals surface area contributed by atoms with E-state index in [1.807, 2.05) is 31.3 Å². The zero-order valence-electron chi connectivity index (χ0n) is 8.01. The molecule has 0 spiro atoms. The number of fused-ring (bicyclic) bond motifs is 1.